The molecular weight excluding hydrogens is 885 g/mol. The zero-order chi connectivity index (χ0) is 53.6. The number of aryl methyl sites for hydroxylation is 7. The summed E-state index contributed by atoms with van der Waals surface area (Å²) in [5.74, 6) is 0.370. The Balaban J connectivity index is 0.000000370. The second kappa shape index (κ2) is 23.5. The summed E-state index contributed by atoms with van der Waals surface area (Å²) in [7, 11) is -3.66. The van der Waals surface area contributed by atoms with Crippen LogP contribution in [0.1, 0.15) is 211 Å². The molecule has 0 heterocycles. The Labute approximate surface area is 435 Å². The van der Waals surface area contributed by atoms with Crippen molar-refractivity contribution in [2.75, 3.05) is 0 Å². The van der Waals surface area contributed by atoms with E-state index < -0.39 is 16.6 Å². The quantitative estimate of drug-likeness (QED) is 0.101. The second-order valence-corrected chi connectivity index (χ2v) is 36.2. The third-order valence-electron chi connectivity index (χ3n) is 17.8. The summed E-state index contributed by atoms with van der Waals surface area (Å²) in [5.41, 5.74) is 15.2. The third kappa shape index (κ3) is 14.6. The smallest absolute Gasteiger partial charge is 0.192 e. The first-order valence-corrected chi connectivity index (χ1v) is 33.2. The zero-order valence-electron chi connectivity index (χ0n) is 50.0. The molecule has 2 unspecified atom stereocenters. The van der Waals surface area contributed by atoms with Gasteiger partial charge in [-0.05, 0) is 200 Å². The van der Waals surface area contributed by atoms with E-state index in [1.807, 2.05) is 13.0 Å². The molecule has 4 rings (SSSR count). The first-order valence-electron chi connectivity index (χ1n) is 27.4. The van der Waals surface area contributed by atoms with Crippen molar-refractivity contribution in [3.05, 3.63) is 134 Å². The molecule has 0 aliphatic heterocycles. The van der Waals surface area contributed by atoms with Gasteiger partial charge in [-0.1, -0.05) is 178 Å². The minimum Gasteiger partial charge on any atom is -0.508 e. The minimum atomic E-state index is -1.84. The van der Waals surface area contributed by atoms with Crippen LogP contribution in [-0.2, 0) is 32.5 Å². The van der Waals surface area contributed by atoms with Gasteiger partial charge in [-0.3, -0.25) is 0 Å². The van der Waals surface area contributed by atoms with Gasteiger partial charge in [0, 0.05) is 10.8 Å². The van der Waals surface area contributed by atoms with Gasteiger partial charge in [-0.25, -0.2) is 0 Å². The molecule has 70 heavy (non-hydrogen) atoms. The van der Waals surface area contributed by atoms with Gasteiger partial charge in [0.25, 0.3) is 0 Å². The fraction of sp³-hybridized carbons (Fsp3) is 0.631. The molecule has 0 saturated heterocycles. The predicted molar refractivity (Wildman–Crippen MR) is 314 cm³/mol. The molecule has 0 fully saturated rings. The van der Waals surface area contributed by atoms with Gasteiger partial charge in [0.15, 0.2) is 16.6 Å². The maximum atomic E-state index is 10.1. The van der Waals surface area contributed by atoms with Crippen LogP contribution in [0.3, 0.4) is 0 Å². The van der Waals surface area contributed by atoms with Crippen molar-refractivity contribution in [3.63, 3.8) is 0 Å². The highest BCUT2D eigenvalue weighted by molar-refractivity contribution is 6.74. The number of phenols is 1. The van der Waals surface area contributed by atoms with Crippen molar-refractivity contribution in [2.45, 2.75) is 256 Å². The number of hydrogen-bond acceptors (Lipinski definition) is 3. The number of rotatable bonds is 18. The van der Waals surface area contributed by atoms with E-state index >= 15 is 0 Å². The maximum absolute atomic E-state index is 10.1. The highest BCUT2D eigenvalue weighted by Crippen LogP contribution is 2.45. The normalized spacial score (nSPS) is 14.3. The highest BCUT2D eigenvalue weighted by atomic mass is 28.4. The molecule has 4 aromatic rings. The van der Waals surface area contributed by atoms with E-state index in [2.05, 4.69) is 231 Å². The fourth-order valence-corrected chi connectivity index (χ4v) is 13.1. The molecule has 0 aromatic heterocycles. The van der Waals surface area contributed by atoms with Crippen LogP contribution in [0.5, 0.6) is 5.75 Å². The SMILES string of the molecule is CCC(CC)(c1ccc(C)c(C)c1)c1ccc(CCC(O[Si](C)(C)C(C)(C)C)C(C)(C)C)c(C)c1.CCC(CC)(c1ccc(O)c(C)c1)c1ccc(CCC(O[Si](C)(C)C(C)(C)C)C(C)(C)C)c(C)c1. The van der Waals surface area contributed by atoms with Gasteiger partial charge in [0.1, 0.15) is 5.75 Å². The van der Waals surface area contributed by atoms with Gasteiger partial charge < -0.3 is 14.0 Å². The first kappa shape index (κ1) is 61.3. The average molecular weight is 992 g/mol. The lowest BCUT2D eigenvalue weighted by molar-refractivity contribution is 0.0657. The van der Waals surface area contributed by atoms with Crippen LogP contribution in [0.2, 0.25) is 36.3 Å². The van der Waals surface area contributed by atoms with E-state index in [0.29, 0.717) is 5.75 Å². The van der Waals surface area contributed by atoms with E-state index in [9.17, 15) is 5.11 Å². The van der Waals surface area contributed by atoms with Crippen molar-refractivity contribution in [1.82, 2.24) is 0 Å². The molecule has 392 valence electrons. The number of aromatic hydroxyl groups is 1. The molecule has 4 aromatic carbocycles. The Morgan fingerprint density at radius 2 is 0.714 bits per heavy atom. The van der Waals surface area contributed by atoms with E-state index in [1.165, 1.54) is 55.6 Å². The monoisotopic (exact) mass is 991 g/mol. The molecule has 0 saturated carbocycles. The summed E-state index contributed by atoms with van der Waals surface area (Å²) in [4.78, 5) is 0. The summed E-state index contributed by atoms with van der Waals surface area (Å²) in [6.07, 6.45) is 8.99. The molecule has 0 aliphatic rings. The molecule has 1 N–H and O–H groups in total. The minimum absolute atomic E-state index is 0.0405. The van der Waals surface area contributed by atoms with E-state index in [-0.39, 0.29) is 43.9 Å². The van der Waals surface area contributed by atoms with Crippen LogP contribution in [0.4, 0.5) is 0 Å². The first-order chi connectivity index (χ1) is 32.0. The van der Waals surface area contributed by atoms with E-state index in [0.717, 1.165) is 56.9 Å². The molecule has 0 radical (unpaired) electrons. The summed E-state index contributed by atoms with van der Waals surface area (Å²) >= 11 is 0. The summed E-state index contributed by atoms with van der Waals surface area (Å²) < 4.78 is 13.9. The van der Waals surface area contributed by atoms with Crippen LogP contribution in [0.15, 0.2) is 72.8 Å². The Morgan fingerprint density at radius 1 is 0.414 bits per heavy atom. The summed E-state index contributed by atoms with van der Waals surface area (Å²) in [6, 6.07) is 27.6. The third-order valence-corrected chi connectivity index (χ3v) is 26.8. The van der Waals surface area contributed by atoms with Crippen molar-refractivity contribution in [1.29, 1.82) is 0 Å². The van der Waals surface area contributed by atoms with Crippen LogP contribution in [0.25, 0.3) is 0 Å². The van der Waals surface area contributed by atoms with Gasteiger partial charge in [0.05, 0.1) is 12.2 Å². The molecule has 3 nitrogen and oxygen atoms in total. The largest absolute Gasteiger partial charge is 0.508 e. The molecule has 2 atom stereocenters. The van der Waals surface area contributed by atoms with Crippen LogP contribution >= 0.6 is 0 Å². The molecular formula is C65H106O3Si2. The van der Waals surface area contributed by atoms with E-state index in [4.69, 9.17) is 8.85 Å². The van der Waals surface area contributed by atoms with Crippen molar-refractivity contribution < 1.29 is 14.0 Å². The Hall–Kier alpha value is -2.97. The number of benzene rings is 4. The lowest BCUT2D eigenvalue weighted by atomic mass is 9.69. The highest BCUT2D eigenvalue weighted by Gasteiger charge is 2.43. The summed E-state index contributed by atoms with van der Waals surface area (Å²) in [6.45, 7) is 57.7. The van der Waals surface area contributed by atoms with Gasteiger partial charge in [-0.2, -0.15) is 0 Å². The maximum Gasteiger partial charge on any atom is 0.192 e. The van der Waals surface area contributed by atoms with Crippen LogP contribution < -0.4 is 0 Å². The molecule has 0 aliphatic carbocycles. The lowest BCUT2D eigenvalue weighted by Crippen LogP contribution is -2.47. The predicted octanol–water partition coefficient (Wildman–Crippen LogP) is 19.6. The average Bonchev–Trinajstić information content (AvgIpc) is 3.24. The van der Waals surface area contributed by atoms with Crippen LogP contribution in [-0.4, -0.2) is 33.9 Å². The molecule has 5 heteroatoms. The molecule has 0 amide bonds. The number of hydrogen-bond donors (Lipinski definition) is 1. The van der Waals surface area contributed by atoms with Crippen molar-refractivity contribution in [2.24, 2.45) is 10.8 Å². The van der Waals surface area contributed by atoms with Gasteiger partial charge in [0.2, 0.25) is 0 Å². The van der Waals surface area contributed by atoms with Gasteiger partial charge >= 0.3 is 0 Å². The fourth-order valence-electron chi connectivity index (χ4n) is 9.98. The lowest BCUT2D eigenvalue weighted by Gasteiger charge is -2.43. The standard InChI is InChI=1S/C33H54OSi.C32H52O2Si/c1-14-33(15-2,28-19-16-24(3)25(4)22-28)29-20-17-27(26(5)23-29)18-21-30(31(6,7)8)34-35(12,13)32(9,10)11;1-13-32(14-2,27-18-19-28(33)24(4)22-27)26-17-15-25(23(3)21-26)16-20-29(30(5,6)7)34-35(11,12)31(8,9)10/h16-17,19-20,22-23,30H,14-15,18,21H2,1-13H3;15,17-19,21-22,29,33H,13-14,16,20H2,1-12H3. The zero-order valence-corrected chi connectivity index (χ0v) is 52.0. The Kier molecular flexibility index (Phi) is 20.6. The topological polar surface area (TPSA) is 38.7 Å². The Bertz CT molecular complexity index is 2130. The summed E-state index contributed by atoms with van der Waals surface area (Å²) in [5, 5.41) is 10.5. The van der Waals surface area contributed by atoms with Crippen molar-refractivity contribution >= 4 is 16.6 Å². The van der Waals surface area contributed by atoms with Crippen molar-refractivity contribution in [3.8, 4) is 5.75 Å². The van der Waals surface area contributed by atoms with Crippen LogP contribution in [0, 0.1) is 45.4 Å². The molecule has 0 spiro atoms. The van der Waals surface area contributed by atoms with Gasteiger partial charge in [-0.15, -0.1) is 0 Å². The Morgan fingerprint density at radius 3 is 0.986 bits per heavy atom. The van der Waals surface area contributed by atoms with E-state index in [1.54, 1.807) is 0 Å². The molecule has 0 bridgehead atoms. The number of phenolic OH excluding ortho intramolecular Hbond substituents is 1. The second-order valence-electron chi connectivity index (χ2n) is 26.7.